The number of phenolic OH excluding ortho intramolecular Hbond substituents is 1. The van der Waals surface area contributed by atoms with Crippen molar-refractivity contribution in [2.45, 2.75) is 0 Å². The van der Waals surface area contributed by atoms with Gasteiger partial charge < -0.3 is 20.1 Å². The third-order valence-corrected chi connectivity index (χ3v) is 2.38. The molecule has 0 unspecified atom stereocenters. The van der Waals surface area contributed by atoms with Gasteiger partial charge in [-0.1, -0.05) is 16.8 Å². The highest BCUT2D eigenvalue weighted by Crippen LogP contribution is 2.42. The molecule has 0 aliphatic rings. The number of nitrogens with two attached hydrogens (primary N) is 1. The smallest absolute Gasteiger partial charge is 0.174 e. The Morgan fingerprint density at radius 2 is 2.25 bits per heavy atom. The second kappa shape index (κ2) is 3.94. The van der Waals surface area contributed by atoms with Gasteiger partial charge in [0.25, 0.3) is 0 Å². The fraction of sp³-hybridized carbons (Fsp3) is 0.100. The summed E-state index contributed by atoms with van der Waals surface area (Å²) < 4.78 is 10.0. The highest BCUT2D eigenvalue weighted by Gasteiger charge is 2.18. The van der Waals surface area contributed by atoms with Gasteiger partial charge in [0.2, 0.25) is 0 Å². The highest BCUT2D eigenvalue weighted by atomic mass is 35.5. The quantitative estimate of drug-likeness (QED) is 0.842. The molecule has 2 aromatic rings. The minimum atomic E-state index is -0.0307. The van der Waals surface area contributed by atoms with Crippen LogP contribution in [-0.2, 0) is 0 Å². The van der Waals surface area contributed by atoms with Crippen LogP contribution >= 0.6 is 11.6 Å². The first-order valence-electron chi connectivity index (χ1n) is 4.41. The zero-order chi connectivity index (χ0) is 11.7. The fourth-order valence-electron chi connectivity index (χ4n) is 1.39. The van der Waals surface area contributed by atoms with Crippen molar-refractivity contribution in [3.05, 3.63) is 23.2 Å². The van der Waals surface area contributed by atoms with Gasteiger partial charge in [-0.15, -0.1) is 0 Å². The van der Waals surface area contributed by atoms with Gasteiger partial charge in [0.15, 0.2) is 23.1 Å². The van der Waals surface area contributed by atoms with Crippen LogP contribution in [-0.4, -0.2) is 17.4 Å². The van der Waals surface area contributed by atoms with Crippen molar-refractivity contribution in [1.29, 1.82) is 0 Å². The fourth-order valence-corrected chi connectivity index (χ4v) is 1.63. The lowest BCUT2D eigenvalue weighted by Crippen LogP contribution is -1.89. The Hall–Kier alpha value is -1.88. The zero-order valence-corrected chi connectivity index (χ0v) is 9.15. The van der Waals surface area contributed by atoms with Gasteiger partial charge in [0.05, 0.1) is 17.7 Å². The topological polar surface area (TPSA) is 81.5 Å². The summed E-state index contributed by atoms with van der Waals surface area (Å²) in [6, 6.07) is 4.47. The first kappa shape index (κ1) is 10.6. The minimum absolute atomic E-state index is 0.0307. The molecular weight excluding hydrogens is 232 g/mol. The number of ether oxygens (including phenoxy) is 1. The molecule has 5 nitrogen and oxygen atoms in total. The summed E-state index contributed by atoms with van der Waals surface area (Å²) in [5.74, 6) is 0.771. The number of methoxy groups -OCH3 is 1. The van der Waals surface area contributed by atoms with E-state index in [0.717, 1.165) is 0 Å². The van der Waals surface area contributed by atoms with Gasteiger partial charge >= 0.3 is 0 Å². The molecule has 0 fully saturated rings. The Bertz CT molecular complexity index is 525. The molecule has 0 spiro atoms. The predicted octanol–water partition coefficient (Wildman–Crippen LogP) is 2.29. The number of aromatic hydroxyl groups is 1. The molecule has 3 N–H and O–H groups in total. The van der Waals surface area contributed by atoms with Crippen LogP contribution in [0.25, 0.3) is 11.3 Å². The van der Waals surface area contributed by atoms with E-state index in [9.17, 15) is 5.11 Å². The van der Waals surface area contributed by atoms with Crippen molar-refractivity contribution in [1.82, 2.24) is 5.16 Å². The Morgan fingerprint density at radius 3 is 2.81 bits per heavy atom. The minimum Gasteiger partial charge on any atom is -0.504 e. The zero-order valence-electron chi connectivity index (χ0n) is 8.40. The average Bonchev–Trinajstić information content (AvgIpc) is 2.67. The third-order valence-electron chi connectivity index (χ3n) is 2.06. The van der Waals surface area contributed by atoms with Gasteiger partial charge in [-0.3, -0.25) is 0 Å². The van der Waals surface area contributed by atoms with Crippen LogP contribution < -0.4 is 10.5 Å². The van der Waals surface area contributed by atoms with Crippen molar-refractivity contribution < 1.29 is 14.4 Å². The van der Waals surface area contributed by atoms with Gasteiger partial charge in [0, 0.05) is 6.07 Å². The van der Waals surface area contributed by atoms with Crippen molar-refractivity contribution in [3.63, 3.8) is 0 Å². The first-order valence-corrected chi connectivity index (χ1v) is 4.79. The van der Waals surface area contributed by atoms with E-state index in [1.54, 1.807) is 0 Å². The highest BCUT2D eigenvalue weighted by molar-refractivity contribution is 6.33. The lowest BCUT2D eigenvalue weighted by molar-refractivity contribution is 0.371. The maximum Gasteiger partial charge on any atom is 0.174 e. The third kappa shape index (κ3) is 1.65. The number of rotatable bonds is 2. The molecule has 0 atom stereocenters. The first-order chi connectivity index (χ1) is 7.63. The molecule has 0 amide bonds. The summed E-state index contributed by atoms with van der Waals surface area (Å²) in [5, 5.41) is 13.5. The van der Waals surface area contributed by atoms with Crippen molar-refractivity contribution >= 4 is 17.4 Å². The molecule has 2 rings (SSSR count). The molecule has 0 aliphatic carbocycles. The largest absolute Gasteiger partial charge is 0.504 e. The Balaban J connectivity index is 2.67. The van der Waals surface area contributed by atoms with Gasteiger partial charge in [0.1, 0.15) is 0 Å². The van der Waals surface area contributed by atoms with Gasteiger partial charge in [-0.25, -0.2) is 0 Å². The van der Waals surface area contributed by atoms with Crippen LogP contribution in [0.1, 0.15) is 0 Å². The van der Waals surface area contributed by atoms with E-state index in [2.05, 4.69) is 5.16 Å². The monoisotopic (exact) mass is 240 g/mol. The molecule has 1 aromatic carbocycles. The summed E-state index contributed by atoms with van der Waals surface area (Å²) >= 11 is 6.00. The molecular formula is C10H9ClN2O3. The number of nitrogens with zero attached hydrogens (tertiary/aromatic N) is 1. The second-order valence-corrected chi connectivity index (χ2v) is 3.50. The van der Waals surface area contributed by atoms with E-state index in [1.165, 1.54) is 25.3 Å². The normalized spacial score (nSPS) is 10.4. The number of phenols is 1. The van der Waals surface area contributed by atoms with Crippen LogP contribution in [0.15, 0.2) is 22.7 Å². The number of anilines is 1. The van der Waals surface area contributed by atoms with Crippen molar-refractivity contribution in [3.8, 4) is 22.8 Å². The van der Waals surface area contributed by atoms with E-state index >= 15 is 0 Å². The maximum absolute atomic E-state index is 9.61. The summed E-state index contributed by atoms with van der Waals surface area (Å²) in [6.45, 7) is 0. The molecule has 84 valence electrons. The number of halogens is 1. The standard InChI is InChI=1S/C10H9ClN2O3/c1-15-10-6(14)3-2-5(11)9(10)7-4-8(12)13-16-7/h2-4,14H,1H3,(H2,12,13). The van der Waals surface area contributed by atoms with E-state index in [-0.39, 0.29) is 17.3 Å². The summed E-state index contributed by atoms with van der Waals surface area (Å²) in [4.78, 5) is 0. The number of hydrogen-bond donors (Lipinski definition) is 2. The van der Waals surface area contributed by atoms with Gasteiger partial charge in [-0.05, 0) is 12.1 Å². The molecule has 0 radical (unpaired) electrons. The van der Waals surface area contributed by atoms with E-state index in [1.807, 2.05) is 0 Å². The predicted molar refractivity (Wildman–Crippen MR) is 59.6 cm³/mol. The molecule has 16 heavy (non-hydrogen) atoms. The Kier molecular flexibility index (Phi) is 2.62. The Labute approximate surface area is 96.4 Å². The molecule has 0 saturated carbocycles. The van der Waals surface area contributed by atoms with Crippen molar-refractivity contribution in [2.24, 2.45) is 0 Å². The summed E-state index contributed by atoms with van der Waals surface area (Å²) in [7, 11) is 1.43. The summed E-state index contributed by atoms with van der Waals surface area (Å²) in [6.07, 6.45) is 0. The number of nitrogen functional groups attached to an aromatic ring is 1. The van der Waals surface area contributed by atoms with Crippen LogP contribution in [0, 0.1) is 0 Å². The number of benzene rings is 1. The number of aromatic nitrogens is 1. The van der Waals surface area contributed by atoms with E-state index in [4.69, 9.17) is 26.6 Å². The van der Waals surface area contributed by atoms with Crippen molar-refractivity contribution in [2.75, 3.05) is 12.8 Å². The van der Waals surface area contributed by atoms with E-state index in [0.29, 0.717) is 16.3 Å². The molecule has 0 bridgehead atoms. The summed E-state index contributed by atoms with van der Waals surface area (Å²) in [5.41, 5.74) is 5.87. The van der Waals surface area contributed by atoms with Crippen LogP contribution in [0.5, 0.6) is 11.5 Å². The van der Waals surface area contributed by atoms with Crippen LogP contribution in [0.2, 0.25) is 5.02 Å². The lowest BCUT2D eigenvalue weighted by Gasteiger charge is -2.09. The number of hydrogen-bond acceptors (Lipinski definition) is 5. The SMILES string of the molecule is COc1c(O)ccc(Cl)c1-c1cc(N)no1. The molecule has 0 saturated heterocycles. The molecule has 6 heteroatoms. The van der Waals surface area contributed by atoms with Crippen LogP contribution in [0.4, 0.5) is 5.82 Å². The molecule has 1 heterocycles. The molecule has 1 aromatic heterocycles. The van der Waals surface area contributed by atoms with E-state index < -0.39 is 0 Å². The average molecular weight is 241 g/mol. The van der Waals surface area contributed by atoms with Gasteiger partial charge in [-0.2, -0.15) is 0 Å². The lowest BCUT2D eigenvalue weighted by atomic mass is 10.1. The Morgan fingerprint density at radius 1 is 1.50 bits per heavy atom. The second-order valence-electron chi connectivity index (χ2n) is 3.09. The van der Waals surface area contributed by atoms with Crippen LogP contribution in [0.3, 0.4) is 0 Å². The molecule has 0 aliphatic heterocycles. The maximum atomic E-state index is 9.61.